The number of carbonyl (C=O) groups excluding carboxylic acids is 1. The number of imidazole rings is 2. The van der Waals surface area contributed by atoms with E-state index >= 15 is 0 Å². The molecule has 1 atom stereocenters. The van der Waals surface area contributed by atoms with Crippen molar-refractivity contribution in [3.05, 3.63) is 42.5 Å². The van der Waals surface area contributed by atoms with Gasteiger partial charge in [-0.25, -0.2) is 14.8 Å². The van der Waals surface area contributed by atoms with E-state index in [-0.39, 0.29) is 6.42 Å². The van der Waals surface area contributed by atoms with Crippen LogP contribution < -0.4 is 5.32 Å². The molecule has 0 spiro atoms. The molecule has 2 aromatic rings. The van der Waals surface area contributed by atoms with E-state index in [2.05, 4.69) is 25.3 Å². The summed E-state index contributed by atoms with van der Waals surface area (Å²) < 4.78 is 0. The molecular formula is C12H13N5O3. The van der Waals surface area contributed by atoms with Crippen molar-refractivity contribution < 1.29 is 14.7 Å². The second-order valence-electron chi connectivity index (χ2n) is 4.02. The maximum Gasteiger partial charge on any atom is 0.326 e. The van der Waals surface area contributed by atoms with E-state index in [4.69, 9.17) is 5.11 Å². The van der Waals surface area contributed by atoms with Crippen LogP contribution in [0.1, 0.15) is 11.4 Å². The molecular weight excluding hydrogens is 262 g/mol. The molecule has 0 bridgehead atoms. The van der Waals surface area contributed by atoms with Crippen LogP contribution in [-0.2, 0) is 16.0 Å². The van der Waals surface area contributed by atoms with Crippen LogP contribution in [0.4, 0.5) is 0 Å². The van der Waals surface area contributed by atoms with Crippen LogP contribution in [0.5, 0.6) is 0 Å². The van der Waals surface area contributed by atoms with E-state index in [1.807, 2.05) is 0 Å². The molecule has 0 aliphatic rings. The fourth-order valence-corrected chi connectivity index (χ4v) is 1.56. The van der Waals surface area contributed by atoms with Gasteiger partial charge in [-0.05, 0) is 6.08 Å². The Hall–Kier alpha value is -2.90. The Morgan fingerprint density at radius 1 is 1.30 bits per heavy atom. The second-order valence-corrected chi connectivity index (χ2v) is 4.02. The second kappa shape index (κ2) is 6.32. The average molecular weight is 275 g/mol. The zero-order valence-electron chi connectivity index (χ0n) is 10.4. The van der Waals surface area contributed by atoms with Gasteiger partial charge in [-0.15, -0.1) is 0 Å². The number of aliphatic carboxylic acids is 1. The highest BCUT2D eigenvalue weighted by atomic mass is 16.4. The number of hydrogen-bond acceptors (Lipinski definition) is 4. The Morgan fingerprint density at radius 2 is 2.05 bits per heavy atom. The summed E-state index contributed by atoms with van der Waals surface area (Å²) in [6.07, 6.45) is 8.89. The first-order chi connectivity index (χ1) is 9.65. The number of amides is 1. The third kappa shape index (κ3) is 3.80. The Labute approximate surface area is 114 Å². The maximum absolute atomic E-state index is 11.7. The number of hydrogen-bond donors (Lipinski definition) is 4. The molecule has 2 heterocycles. The summed E-state index contributed by atoms with van der Waals surface area (Å²) in [7, 11) is 0. The van der Waals surface area contributed by atoms with Crippen molar-refractivity contribution in [3.63, 3.8) is 0 Å². The molecule has 0 radical (unpaired) electrons. The zero-order valence-corrected chi connectivity index (χ0v) is 10.4. The molecule has 8 heteroatoms. The lowest BCUT2D eigenvalue weighted by atomic mass is 10.1. The highest BCUT2D eigenvalue weighted by Crippen LogP contribution is 2.00. The van der Waals surface area contributed by atoms with Gasteiger partial charge in [0.15, 0.2) is 0 Å². The quantitative estimate of drug-likeness (QED) is 0.551. The summed E-state index contributed by atoms with van der Waals surface area (Å²) in [5.41, 5.74) is 1.29. The van der Waals surface area contributed by atoms with E-state index in [1.54, 1.807) is 6.20 Å². The lowest BCUT2D eigenvalue weighted by Crippen LogP contribution is -2.41. The van der Waals surface area contributed by atoms with Gasteiger partial charge < -0.3 is 20.4 Å². The predicted octanol–water partition coefficient (Wildman–Crippen LogP) is -0.0419. The fraction of sp³-hybridized carbons (Fsp3) is 0.167. The third-order valence-electron chi connectivity index (χ3n) is 2.53. The third-order valence-corrected chi connectivity index (χ3v) is 2.53. The summed E-state index contributed by atoms with van der Waals surface area (Å²) in [6, 6.07) is -1.02. The molecule has 20 heavy (non-hydrogen) atoms. The minimum atomic E-state index is -1.11. The van der Waals surface area contributed by atoms with Crippen molar-refractivity contribution in [1.29, 1.82) is 0 Å². The van der Waals surface area contributed by atoms with Gasteiger partial charge >= 0.3 is 5.97 Å². The molecule has 0 aliphatic heterocycles. The molecule has 2 aromatic heterocycles. The largest absolute Gasteiger partial charge is 0.480 e. The Balaban J connectivity index is 1.94. The highest BCUT2D eigenvalue weighted by Gasteiger charge is 2.19. The van der Waals surface area contributed by atoms with Crippen molar-refractivity contribution in [2.75, 3.05) is 0 Å². The number of nitrogens with zero attached hydrogens (tertiary/aromatic N) is 2. The molecule has 0 fully saturated rings. The molecule has 0 aromatic carbocycles. The molecule has 1 amide bonds. The maximum atomic E-state index is 11.7. The normalized spacial score (nSPS) is 12.4. The van der Waals surface area contributed by atoms with Gasteiger partial charge in [-0.3, -0.25) is 4.79 Å². The average Bonchev–Trinajstić information content (AvgIpc) is 3.08. The van der Waals surface area contributed by atoms with Gasteiger partial charge in [-0.1, -0.05) is 0 Å². The van der Waals surface area contributed by atoms with E-state index in [0.717, 1.165) is 0 Å². The van der Waals surface area contributed by atoms with Crippen LogP contribution in [0, 0.1) is 0 Å². The summed E-state index contributed by atoms with van der Waals surface area (Å²) in [5.74, 6) is -1.60. The van der Waals surface area contributed by atoms with E-state index in [0.29, 0.717) is 11.4 Å². The van der Waals surface area contributed by atoms with Gasteiger partial charge in [0.2, 0.25) is 5.91 Å². The Bertz CT molecular complexity index is 589. The molecule has 104 valence electrons. The summed E-state index contributed by atoms with van der Waals surface area (Å²) >= 11 is 0. The number of aromatic amines is 2. The van der Waals surface area contributed by atoms with Crippen LogP contribution in [0.15, 0.2) is 31.1 Å². The van der Waals surface area contributed by atoms with Crippen molar-refractivity contribution in [2.45, 2.75) is 12.5 Å². The van der Waals surface area contributed by atoms with E-state index in [9.17, 15) is 9.59 Å². The zero-order chi connectivity index (χ0) is 14.4. The molecule has 0 aliphatic carbocycles. The van der Waals surface area contributed by atoms with Gasteiger partial charge in [0.1, 0.15) is 6.04 Å². The molecule has 2 rings (SSSR count). The van der Waals surface area contributed by atoms with E-state index < -0.39 is 17.9 Å². The van der Waals surface area contributed by atoms with Crippen molar-refractivity contribution in [3.8, 4) is 0 Å². The number of carbonyl (C=O) groups is 2. The van der Waals surface area contributed by atoms with Gasteiger partial charge in [0.05, 0.1) is 24.5 Å². The monoisotopic (exact) mass is 275 g/mol. The van der Waals surface area contributed by atoms with Crippen LogP contribution in [-0.4, -0.2) is 43.0 Å². The van der Waals surface area contributed by atoms with Crippen molar-refractivity contribution >= 4 is 18.0 Å². The fourth-order valence-electron chi connectivity index (χ4n) is 1.56. The van der Waals surface area contributed by atoms with Crippen LogP contribution in [0.3, 0.4) is 0 Å². The number of rotatable bonds is 6. The van der Waals surface area contributed by atoms with Crippen LogP contribution in [0.2, 0.25) is 0 Å². The van der Waals surface area contributed by atoms with Crippen molar-refractivity contribution in [1.82, 2.24) is 25.3 Å². The van der Waals surface area contributed by atoms with Gasteiger partial charge in [-0.2, -0.15) is 0 Å². The molecule has 1 unspecified atom stereocenters. The lowest BCUT2D eigenvalue weighted by molar-refractivity contribution is -0.141. The molecule has 0 saturated carbocycles. The smallest absolute Gasteiger partial charge is 0.326 e. The lowest BCUT2D eigenvalue weighted by Gasteiger charge is -2.11. The first-order valence-electron chi connectivity index (χ1n) is 5.82. The topological polar surface area (TPSA) is 124 Å². The summed E-state index contributed by atoms with van der Waals surface area (Å²) in [5, 5.41) is 11.5. The molecule has 4 N–H and O–H groups in total. The number of carboxylic acids is 1. The minimum absolute atomic E-state index is 0.138. The molecule has 8 nitrogen and oxygen atoms in total. The SMILES string of the molecule is O=C(/C=C/c1cnc[nH]1)NC(Cc1cnc[nH]1)C(=O)O. The summed E-state index contributed by atoms with van der Waals surface area (Å²) in [4.78, 5) is 35.9. The Morgan fingerprint density at radius 3 is 2.65 bits per heavy atom. The Kier molecular flexibility index (Phi) is 4.28. The van der Waals surface area contributed by atoms with Gasteiger partial charge in [0.25, 0.3) is 0 Å². The highest BCUT2D eigenvalue weighted by molar-refractivity contribution is 5.94. The van der Waals surface area contributed by atoms with Crippen LogP contribution in [0.25, 0.3) is 6.08 Å². The standard InChI is InChI=1S/C12H13N5O3/c18-11(2-1-8-4-13-6-15-8)17-10(12(19)20)3-9-5-14-7-16-9/h1-2,4-7,10H,3H2,(H,13,15)(H,14,16)(H,17,18)(H,19,20)/b2-1+. The minimum Gasteiger partial charge on any atom is -0.480 e. The van der Waals surface area contributed by atoms with Crippen LogP contribution >= 0.6 is 0 Å². The predicted molar refractivity (Wildman–Crippen MR) is 69.5 cm³/mol. The van der Waals surface area contributed by atoms with Crippen molar-refractivity contribution in [2.24, 2.45) is 0 Å². The number of nitrogens with one attached hydrogen (secondary N) is 3. The van der Waals surface area contributed by atoms with Gasteiger partial charge in [0, 0.05) is 24.4 Å². The first-order valence-corrected chi connectivity index (χ1v) is 5.82. The number of H-pyrrole nitrogens is 2. The number of aromatic nitrogens is 4. The summed E-state index contributed by atoms with van der Waals surface area (Å²) in [6.45, 7) is 0. The number of carboxylic acid groups (broad SMARTS) is 1. The van der Waals surface area contributed by atoms with E-state index in [1.165, 1.54) is 31.0 Å². The molecule has 0 saturated heterocycles. The first kappa shape index (κ1) is 13.5.